The summed E-state index contributed by atoms with van der Waals surface area (Å²) in [6, 6.07) is 7.48. The predicted molar refractivity (Wildman–Crippen MR) is 73.0 cm³/mol. The van der Waals surface area contributed by atoms with Crippen LogP contribution in [0.5, 0.6) is 0 Å². The third-order valence-electron chi connectivity index (χ3n) is 2.30. The van der Waals surface area contributed by atoms with Gasteiger partial charge in [0.2, 0.25) is 0 Å². The van der Waals surface area contributed by atoms with E-state index in [-0.39, 0.29) is 6.04 Å². The van der Waals surface area contributed by atoms with Crippen molar-refractivity contribution in [1.82, 2.24) is 0 Å². The number of benzene rings is 1. The Morgan fingerprint density at radius 1 is 1.06 bits per heavy atom. The number of halogens is 1. The van der Waals surface area contributed by atoms with Crippen LogP contribution in [0.4, 0.5) is 0 Å². The highest BCUT2D eigenvalue weighted by Gasteiger charge is 2.26. The molecule has 1 atom stereocenters. The molecular formula is C11H7ClN4S. The number of rotatable bonds is 1. The van der Waals surface area contributed by atoms with Crippen LogP contribution in [0, 0.1) is 0 Å². The van der Waals surface area contributed by atoms with Gasteiger partial charge in [-0.15, -0.1) is 0 Å². The van der Waals surface area contributed by atoms with Crippen LogP contribution in [-0.4, -0.2) is 29.6 Å². The number of fused-ring (bicyclic) bond motifs is 1. The fourth-order valence-corrected chi connectivity index (χ4v) is 2.51. The van der Waals surface area contributed by atoms with Crippen molar-refractivity contribution in [2.75, 3.05) is 0 Å². The van der Waals surface area contributed by atoms with Gasteiger partial charge in [0, 0.05) is 9.92 Å². The Morgan fingerprint density at radius 2 is 1.88 bits per heavy atom. The summed E-state index contributed by atoms with van der Waals surface area (Å²) in [6.07, 6.45) is 3.04. The summed E-state index contributed by atoms with van der Waals surface area (Å²) in [5.41, 5.74) is 0. The summed E-state index contributed by atoms with van der Waals surface area (Å²) >= 11 is 7.40. The highest BCUT2D eigenvalue weighted by molar-refractivity contribution is 8.14. The van der Waals surface area contributed by atoms with E-state index in [1.165, 1.54) is 12.7 Å². The summed E-state index contributed by atoms with van der Waals surface area (Å²) in [5, 5.41) is 1.61. The Hall–Kier alpha value is -1.46. The molecule has 17 heavy (non-hydrogen) atoms. The van der Waals surface area contributed by atoms with Crippen molar-refractivity contribution in [3.8, 4) is 0 Å². The smallest absolute Gasteiger partial charge is 0.163 e. The number of amidine groups is 1. The zero-order valence-electron chi connectivity index (χ0n) is 8.62. The van der Waals surface area contributed by atoms with Crippen LogP contribution in [0.2, 0.25) is 5.02 Å². The van der Waals surface area contributed by atoms with E-state index in [1.807, 2.05) is 24.3 Å². The maximum atomic E-state index is 5.84. The van der Waals surface area contributed by atoms with Gasteiger partial charge in [0.25, 0.3) is 0 Å². The second-order valence-corrected chi connectivity index (χ2v) is 4.95. The SMILES string of the molecule is Clc1ccc(SC2=NC=NC3=NC=NC32)cc1. The number of hydrogen-bond acceptors (Lipinski definition) is 5. The molecule has 1 unspecified atom stereocenters. The molecule has 2 aliphatic rings. The summed E-state index contributed by atoms with van der Waals surface area (Å²) in [5.74, 6) is 0.705. The van der Waals surface area contributed by atoms with E-state index in [2.05, 4.69) is 20.0 Å². The molecule has 0 aliphatic carbocycles. The van der Waals surface area contributed by atoms with E-state index in [0.717, 1.165) is 15.0 Å². The lowest BCUT2D eigenvalue weighted by atomic mass is 10.3. The Labute approximate surface area is 107 Å². The molecule has 0 N–H and O–H groups in total. The number of aliphatic imine (C=N–C) groups is 4. The molecule has 84 valence electrons. The third-order valence-corrected chi connectivity index (χ3v) is 3.59. The minimum absolute atomic E-state index is 0.138. The number of thioether (sulfide) groups is 1. The van der Waals surface area contributed by atoms with Crippen LogP contribution in [0.25, 0.3) is 0 Å². The van der Waals surface area contributed by atoms with E-state index < -0.39 is 0 Å². The molecule has 0 aromatic heterocycles. The van der Waals surface area contributed by atoms with Gasteiger partial charge in [-0.25, -0.2) is 15.0 Å². The second-order valence-electron chi connectivity index (χ2n) is 3.42. The lowest BCUT2D eigenvalue weighted by Crippen LogP contribution is -2.25. The first-order chi connectivity index (χ1) is 8.33. The summed E-state index contributed by atoms with van der Waals surface area (Å²) in [6.45, 7) is 0. The largest absolute Gasteiger partial charge is 0.255 e. The van der Waals surface area contributed by atoms with Crippen LogP contribution < -0.4 is 0 Å². The van der Waals surface area contributed by atoms with E-state index in [0.29, 0.717) is 5.84 Å². The second kappa shape index (κ2) is 4.43. The van der Waals surface area contributed by atoms with Gasteiger partial charge in [-0.05, 0) is 24.3 Å². The van der Waals surface area contributed by atoms with Crippen LogP contribution in [0.3, 0.4) is 0 Å². The third kappa shape index (κ3) is 2.16. The van der Waals surface area contributed by atoms with Crippen molar-refractivity contribution < 1.29 is 0 Å². The van der Waals surface area contributed by atoms with Gasteiger partial charge in [0.05, 0.1) is 0 Å². The van der Waals surface area contributed by atoms with Gasteiger partial charge in [-0.2, -0.15) is 0 Å². The van der Waals surface area contributed by atoms with Gasteiger partial charge in [-0.1, -0.05) is 23.4 Å². The molecule has 4 nitrogen and oxygen atoms in total. The van der Waals surface area contributed by atoms with E-state index in [9.17, 15) is 0 Å². The Morgan fingerprint density at radius 3 is 2.71 bits per heavy atom. The molecule has 0 saturated heterocycles. The van der Waals surface area contributed by atoms with Gasteiger partial charge < -0.3 is 0 Å². The lowest BCUT2D eigenvalue weighted by molar-refractivity contribution is 1.16. The predicted octanol–water partition coefficient (Wildman–Crippen LogP) is 2.68. The normalized spacial score (nSPS) is 21.1. The lowest BCUT2D eigenvalue weighted by Gasteiger charge is -2.13. The molecule has 1 aromatic rings. The highest BCUT2D eigenvalue weighted by Crippen LogP contribution is 2.26. The molecule has 6 heteroatoms. The summed E-state index contributed by atoms with van der Waals surface area (Å²) < 4.78 is 0. The standard InChI is InChI=1S/C11H7ClN4S/c12-7-1-3-8(4-2-7)17-11-9-10(14-5-13-9)15-6-16-11/h1-6,9H. The molecular weight excluding hydrogens is 256 g/mol. The first-order valence-corrected chi connectivity index (χ1v) is 6.15. The van der Waals surface area contributed by atoms with E-state index in [1.54, 1.807) is 11.8 Å². The summed E-state index contributed by atoms with van der Waals surface area (Å²) in [4.78, 5) is 17.7. The Balaban J connectivity index is 1.84. The Bertz CT molecular complexity index is 559. The topological polar surface area (TPSA) is 49.4 Å². The minimum atomic E-state index is -0.138. The summed E-state index contributed by atoms with van der Waals surface area (Å²) in [7, 11) is 0. The number of nitrogens with zero attached hydrogens (tertiary/aromatic N) is 4. The average molecular weight is 263 g/mol. The zero-order chi connectivity index (χ0) is 11.7. The molecule has 2 heterocycles. The van der Waals surface area contributed by atoms with Crippen molar-refractivity contribution in [3.05, 3.63) is 29.3 Å². The van der Waals surface area contributed by atoms with Crippen molar-refractivity contribution in [1.29, 1.82) is 0 Å². The number of hydrogen-bond donors (Lipinski definition) is 0. The molecule has 0 fully saturated rings. The first kappa shape index (κ1) is 10.7. The fraction of sp³-hybridized carbons (Fsp3) is 0.0909. The maximum absolute atomic E-state index is 5.84. The minimum Gasteiger partial charge on any atom is -0.255 e. The fourth-order valence-electron chi connectivity index (χ4n) is 1.50. The molecule has 0 saturated carbocycles. The van der Waals surface area contributed by atoms with E-state index >= 15 is 0 Å². The molecule has 1 aromatic carbocycles. The van der Waals surface area contributed by atoms with Crippen LogP contribution in [-0.2, 0) is 0 Å². The van der Waals surface area contributed by atoms with Crippen LogP contribution >= 0.6 is 23.4 Å². The molecule has 0 radical (unpaired) electrons. The molecule has 2 aliphatic heterocycles. The van der Waals surface area contributed by atoms with Crippen molar-refractivity contribution in [3.63, 3.8) is 0 Å². The van der Waals surface area contributed by atoms with Crippen molar-refractivity contribution in [2.24, 2.45) is 20.0 Å². The van der Waals surface area contributed by atoms with Gasteiger partial charge in [-0.3, -0.25) is 4.99 Å². The monoisotopic (exact) mass is 262 g/mol. The molecule has 0 amide bonds. The van der Waals surface area contributed by atoms with Crippen LogP contribution in [0.1, 0.15) is 0 Å². The van der Waals surface area contributed by atoms with E-state index in [4.69, 9.17) is 11.6 Å². The van der Waals surface area contributed by atoms with Gasteiger partial charge >= 0.3 is 0 Å². The van der Waals surface area contributed by atoms with Crippen molar-refractivity contribution in [2.45, 2.75) is 10.9 Å². The molecule has 0 bridgehead atoms. The van der Waals surface area contributed by atoms with Gasteiger partial charge in [0.15, 0.2) is 11.9 Å². The van der Waals surface area contributed by atoms with Gasteiger partial charge in [0.1, 0.15) is 17.7 Å². The average Bonchev–Trinajstić information content (AvgIpc) is 2.81. The van der Waals surface area contributed by atoms with Crippen molar-refractivity contribution >= 4 is 46.9 Å². The Kier molecular flexibility index (Phi) is 2.78. The quantitative estimate of drug-likeness (QED) is 0.768. The first-order valence-electron chi connectivity index (χ1n) is 4.96. The zero-order valence-corrected chi connectivity index (χ0v) is 10.2. The highest BCUT2D eigenvalue weighted by atomic mass is 35.5. The maximum Gasteiger partial charge on any atom is 0.163 e. The van der Waals surface area contributed by atoms with Crippen LogP contribution in [0.15, 0.2) is 49.1 Å². The molecule has 3 rings (SSSR count). The molecule has 0 spiro atoms.